The number of hydrogen-bond acceptors (Lipinski definition) is 5. The molecule has 3 heterocycles. The maximum absolute atomic E-state index is 13.2. The molecular weight excluding hydrogens is 422 g/mol. The van der Waals surface area contributed by atoms with Crippen molar-refractivity contribution in [2.45, 2.75) is 37.9 Å². The third-order valence-corrected chi connectivity index (χ3v) is 6.89. The zero-order valence-corrected chi connectivity index (χ0v) is 19.2. The van der Waals surface area contributed by atoms with E-state index >= 15 is 0 Å². The van der Waals surface area contributed by atoms with Crippen molar-refractivity contribution < 1.29 is 14.3 Å². The zero-order chi connectivity index (χ0) is 22.1. The summed E-state index contributed by atoms with van der Waals surface area (Å²) in [5, 5.41) is 0.832. The van der Waals surface area contributed by atoms with E-state index in [9.17, 15) is 4.79 Å². The minimum absolute atomic E-state index is 0.0816. The lowest BCUT2D eigenvalue weighted by molar-refractivity contribution is -0.129. The van der Waals surface area contributed by atoms with Crippen LogP contribution >= 0.6 is 11.8 Å². The smallest absolute Gasteiger partial charge is 0.233 e. The number of thioether (sulfide) groups is 1. The molecule has 0 radical (unpaired) electrons. The molecule has 0 spiro atoms. The number of nitrogens with zero attached hydrogens (tertiary/aromatic N) is 3. The summed E-state index contributed by atoms with van der Waals surface area (Å²) in [6.07, 6.45) is 5.72. The van der Waals surface area contributed by atoms with Crippen LogP contribution in [0.4, 0.5) is 0 Å². The van der Waals surface area contributed by atoms with Gasteiger partial charge in [0.2, 0.25) is 5.91 Å². The Morgan fingerprint density at radius 1 is 1.09 bits per heavy atom. The van der Waals surface area contributed by atoms with Gasteiger partial charge in [-0.25, -0.2) is 4.98 Å². The van der Waals surface area contributed by atoms with E-state index in [0.29, 0.717) is 19.0 Å². The standard InChI is InChI=1S/C25H27N3O3S/c1-17-12-18(2)14-20(13-17)27-9-7-26-25(27)32-16-24(29)28-8-3-4-21(28)19-5-6-22-23(15-19)31-11-10-30-22/h5-7,9,12-15,21H,3-4,8,10-11,16H2,1-2H3. The van der Waals surface area contributed by atoms with Crippen LogP contribution in [0.15, 0.2) is 53.9 Å². The lowest BCUT2D eigenvalue weighted by Gasteiger charge is -2.26. The number of aryl methyl sites for hydroxylation is 2. The quantitative estimate of drug-likeness (QED) is 0.528. The molecule has 1 atom stereocenters. The van der Waals surface area contributed by atoms with E-state index in [1.165, 1.54) is 22.9 Å². The second-order valence-electron chi connectivity index (χ2n) is 8.36. The number of likely N-dealkylation sites (tertiary alicyclic amines) is 1. The molecule has 7 heteroatoms. The van der Waals surface area contributed by atoms with Crippen molar-refractivity contribution in [1.29, 1.82) is 0 Å². The van der Waals surface area contributed by atoms with E-state index < -0.39 is 0 Å². The molecule has 1 unspecified atom stereocenters. The maximum Gasteiger partial charge on any atom is 0.233 e. The Morgan fingerprint density at radius 3 is 2.69 bits per heavy atom. The van der Waals surface area contributed by atoms with Crippen LogP contribution in [0.1, 0.15) is 35.6 Å². The molecule has 2 aliphatic heterocycles. The molecule has 1 aromatic heterocycles. The summed E-state index contributed by atoms with van der Waals surface area (Å²) >= 11 is 1.49. The average Bonchev–Trinajstić information content (AvgIpc) is 3.46. The molecule has 32 heavy (non-hydrogen) atoms. The fourth-order valence-electron chi connectivity index (χ4n) is 4.57. The minimum atomic E-state index is 0.0816. The van der Waals surface area contributed by atoms with Gasteiger partial charge in [0.15, 0.2) is 16.7 Å². The fraction of sp³-hybridized carbons (Fsp3) is 0.360. The first-order valence-corrected chi connectivity index (χ1v) is 12.0. The van der Waals surface area contributed by atoms with E-state index in [1.807, 2.05) is 23.2 Å². The minimum Gasteiger partial charge on any atom is -0.486 e. The molecule has 1 saturated heterocycles. The van der Waals surface area contributed by atoms with Gasteiger partial charge >= 0.3 is 0 Å². The Labute approximate surface area is 192 Å². The van der Waals surface area contributed by atoms with Gasteiger partial charge in [-0.15, -0.1) is 0 Å². The monoisotopic (exact) mass is 449 g/mol. The van der Waals surface area contributed by atoms with Crippen molar-refractivity contribution in [2.75, 3.05) is 25.5 Å². The summed E-state index contributed by atoms with van der Waals surface area (Å²) in [4.78, 5) is 19.7. The summed E-state index contributed by atoms with van der Waals surface area (Å²) in [5.74, 6) is 2.06. The van der Waals surface area contributed by atoms with Crippen LogP contribution in [0, 0.1) is 13.8 Å². The molecule has 0 N–H and O–H groups in total. The highest BCUT2D eigenvalue weighted by molar-refractivity contribution is 7.99. The van der Waals surface area contributed by atoms with E-state index in [-0.39, 0.29) is 11.9 Å². The van der Waals surface area contributed by atoms with Crippen LogP contribution in [0.2, 0.25) is 0 Å². The summed E-state index contributed by atoms with van der Waals surface area (Å²) in [5.41, 5.74) is 4.60. The molecular formula is C25H27N3O3S. The number of fused-ring (bicyclic) bond motifs is 1. The Hall–Kier alpha value is -2.93. The second kappa shape index (κ2) is 8.90. The molecule has 0 aliphatic carbocycles. The highest BCUT2D eigenvalue weighted by Gasteiger charge is 2.31. The third-order valence-electron chi connectivity index (χ3n) is 5.94. The van der Waals surface area contributed by atoms with Gasteiger partial charge in [0, 0.05) is 24.6 Å². The van der Waals surface area contributed by atoms with E-state index in [1.54, 1.807) is 6.20 Å². The van der Waals surface area contributed by atoms with Crippen LogP contribution in [-0.2, 0) is 4.79 Å². The largest absolute Gasteiger partial charge is 0.486 e. The number of benzene rings is 2. The first-order valence-electron chi connectivity index (χ1n) is 11.0. The summed E-state index contributed by atoms with van der Waals surface area (Å²) in [7, 11) is 0. The zero-order valence-electron chi connectivity index (χ0n) is 18.4. The van der Waals surface area contributed by atoms with Crippen LogP contribution in [0.25, 0.3) is 5.69 Å². The van der Waals surface area contributed by atoms with Crippen LogP contribution in [0.3, 0.4) is 0 Å². The van der Waals surface area contributed by atoms with Crippen LogP contribution in [-0.4, -0.2) is 45.9 Å². The highest BCUT2D eigenvalue weighted by atomic mass is 32.2. The molecule has 1 fully saturated rings. The average molecular weight is 450 g/mol. The summed E-state index contributed by atoms with van der Waals surface area (Å²) < 4.78 is 13.4. The Morgan fingerprint density at radius 2 is 1.88 bits per heavy atom. The molecule has 1 amide bonds. The van der Waals surface area contributed by atoms with Crippen molar-refractivity contribution in [2.24, 2.45) is 0 Å². The van der Waals surface area contributed by atoms with Gasteiger partial charge < -0.3 is 14.4 Å². The second-order valence-corrected chi connectivity index (χ2v) is 9.31. The Bertz CT molecular complexity index is 1120. The number of rotatable bonds is 5. The SMILES string of the molecule is Cc1cc(C)cc(-n2ccnc2SCC(=O)N2CCCC2c2ccc3c(c2)OCCO3)c1. The van der Waals surface area contributed by atoms with Gasteiger partial charge in [0.05, 0.1) is 11.8 Å². The molecule has 0 bridgehead atoms. The topological polar surface area (TPSA) is 56.6 Å². The van der Waals surface area contributed by atoms with Gasteiger partial charge in [-0.05, 0) is 67.6 Å². The summed E-state index contributed by atoms with van der Waals surface area (Å²) in [6.45, 7) is 6.11. The predicted octanol–water partition coefficient (Wildman–Crippen LogP) is 4.72. The first kappa shape index (κ1) is 20.9. The number of ether oxygens (including phenoxy) is 2. The maximum atomic E-state index is 13.2. The molecule has 6 nitrogen and oxygen atoms in total. The number of amides is 1. The number of carbonyl (C=O) groups excluding carboxylic acids is 1. The molecule has 166 valence electrons. The van der Waals surface area contributed by atoms with Gasteiger partial charge in [-0.3, -0.25) is 9.36 Å². The van der Waals surface area contributed by atoms with Crippen molar-refractivity contribution in [1.82, 2.24) is 14.5 Å². The van der Waals surface area contributed by atoms with Crippen molar-refractivity contribution in [3.63, 3.8) is 0 Å². The van der Waals surface area contributed by atoms with Gasteiger partial charge in [-0.2, -0.15) is 0 Å². The summed E-state index contributed by atoms with van der Waals surface area (Å²) in [6, 6.07) is 12.6. The van der Waals surface area contributed by atoms with Crippen molar-refractivity contribution in [3.05, 3.63) is 65.5 Å². The first-order chi connectivity index (χ1) is 15.6. The molecule has 2 aliphatic rings. The highest BCUT2D eigenvalue weighted by Crippen LogP contribution is 2.38. The van der Waals surface area contributed by atoms with Crippen molar-refractivity contribution in [3.8, 4) is 17.2 Å². The molecule has 2 aromatic carbocycles. The third kappa shape index (κ3) is 4.21. The molecule has 0 saturated carbocycles. The van der Waals surface area contributed by atoms with Gasteiger partial charge in [0.25, 0.3) is 0 Å². The van der Waals surface area contributed by atoms with Gasteiger partial charge in [-0.1, -0.05) is 23.9 Å². The van der Waals surface area contributed by atoms with E-state index in [2.05, 4.69) is 47.7 Å². The van der Waals surface area contributed by atoms with Gasteiger partial charge in [0.1, 0.15) is 13.2 Å². The molecule has 3 aromatic rings. The number of aromatic nitrogens is 2. The number of carbonyl (C=O) groups is 1. The van der Waals surface area contributed by atoms with E-state index in [4.69, 9.17) is 9.47 Å². The van der Waals surface area contributed by atoms with E-state index in [0.717, 1.165) is 47.3 Å². The van der Waals surface area contributed by atoms with Crippen molar-refractivity contribution >= 4 is 17.7 Å². The molecule has 5 rings (SSSR count). The van der Waals surface area contributed by atoms with Crippen LogP contribution in [0.5, 0.6) is 11.5 Å². The Kier molecular flexibility index (Phi) is 5.83. The fourth-order valence-corrected chi connectivity index (χ4v) is 5.43. The normalized spacial score (nSPS) is 17.6. The number of hydrogen-bond donors (Lipinski definition) is 0. The van der Waals surface area contributed by atoms with Crippen LogP contribution < -0.4 is 9.47 Å². The predicted molar refractivity (Wildman–Crippen MR) is 125 cm³/mol. The Balaban J connectivity index is 1.29. The lowest BCUT2D eigenvalue weighted by atomic mass is 10.0. The lowest BCUT2D eigenvalue weighted by Crippen LogP contribution is -2.32. The number of imidazole rings is 1.